The highest BCUT2D eigenvalue weighted by atomic mass is 32.2. The van der Waals surface area contributed by atoms with Gasteiger partial charge < -0.3 is 5.11 Å². The lowest BCUT2D eigenvalue weighted by Gasteiger charge is -2.28. The first-order chi connectivity index (χ1) is 14.8. The van der Waals surface area contributed by atoms with Gasteiger partial charge in [-0.05, 0) is 58.4 Å². The third kappa shape index (κ3) is 4.88. The molecule has 7 heteroatoms. The number of benzene rings is 2. The number of phenolic OH excluding ortho intramolecular Hbond substituents is 1. The molecule has 0 aliphatic heterocycles. The smallest absolute Gasteiger partial charge is 0.214 e. The van der Waals surface area contributed by atoms with Crippen LogP contribution in [0.5, 0.6) is 5.75 Å². The number of thioether (sulfide) groups is 1. The SMILES string of the molecule is Cc1cccc(C)c1-n1nnnc1SCC(=O)c1cc(C(C)(C)C)c(O)c(C(C)(C)C)c1. The number of carbonyl (C=O) groups is 1. The fourth-order valence-electron chi connectivity index (χ4n) is 3.70. The van der Waals surface area contributed by atoms with E-state index in [0.717, 1.165) is 27.9 Å². The lowest BCUT2D eigenvalue weighted by molar-refractivity contribution is 0.102. The minimum absolute atomic E-state index is 0.0259. The van der Waals surface area contributed by atoms with Crippen molar-refractivity contribution in [2.75, 3.05) is 5.75 Å². The molecule has 1 heterocycles. The molecule has 0 bridgehead atoms. The van der Waals surface area contributed by atoms with Gasteiger partial charge >= 0.3 is 0 Å². The normalized spacial score (nSPS) is 12.2. The van der Waals surface area contributed by atoms with Crippen LogP contribution in [0.1, 0.15) is 74.2 Å². The highest BCUT2D eigenvalue weighted by Crippen LogP contribution is 2.40. The average Bonchev–Trinajstić information content (AvgIpc) is 3.12. The number of para-hydroxylation sites is 1. The number of aryl methyl sites for hydroxylation is 2. The van der Waals surface area contributed by atoms with Gasteiger partial charge in [0.25, 0.3) is 0 Å². The summed E-state index contributed by atoms with van der Waals surface area (Å²) in [6.45, 7) is 16.3. The first-order valence-corrected chi connectivity index (χ1v) is 11.7. The summed E-state index contributed by atoms with van der Waals surface area (Å²) in [5, 5.41) is 23.6. The van der Waals surface area contributed by atoms with Crippen molar-refractivity contribution in [2.45, 2.75) is 71.4 Å². The monoisotopic (exact) mass is 452 g/mol. The molecule has 170 valence electrons. The Balaban J connectivity index is 1.93. The van der Waals surface area contributed by atoms with E-state index < -0.39 is 0 Å². The zero-order valence-corrected chi connectivity index (χ0v) is 21.0. The molecule has 0 saturated carbocycles. The molecule has 32 heavy (non-hydrogen) atoms. The predicted molar refractivity (Wildman–Crippen MR) is 129 cm³/mol. The van der Waals surface area contributed by atoms with Crippen LogP contribution in [-0.2, 0) is 10.8 Å². The molecule has 0 radical (unpaired) electrons. The molecule has 0 unspecified atom stereocenters. The molecule has 1 N–H and O–H groups in total. The molecule has 3 rings (SSSR count). The van der Waals surface area contributed by atoms with E-state index in [1.54, 1.807) is 4.68 Å². The van der Waals surface area contributed by atoms with Gasteiger partial charge in [0, 0.05) is 16.7 Å². The zero-order chi connectivity index (χ0) is 23.8. The van der Waals surface area contributed by atoms with E-state index >= 15 is 0 Å². The topological polar surface area (TPSA) is 80.9 Å². The van der Waals surface area contributed by atoms with Crippen LogP contribution in [0.2, 0.25) is 0 Å². The number of hydrogen-bond donors (Lipinski definition) is 1. The van der Waals surface area contributed by atoms with Gasteiger partial charge in [-0.3, -0.25) is 4.79 Å². The summed E-state index contributed by atoms with van der Waals surface area (Å²) in [7, 11) is 0. The van der Waals surface area contributed by atoms with Crippen molar-refractivity contribution >= 4 is 17.5 Å². The van der Waals surface area contributed by atoms with E-state index in [2.05, 4.69) is 15.5 Å². The van der Waals surface area contributed by atoms with Crippen LogP contribution in [0.3, 0.4) is 0 Å². The Bertz CT molecular complexity index is 1100. The van der Waals surface area contributed by atoms with Crippen LogP contribution in [0, 0.1) is 13.8 Å². The van der Waals surface area contributed by atoms with Crippen LogP contribution in [-0.4, -0.2) is 36.8 Å². The van der Waals surface area contributed by atoms with Gasteiger partial charge in [0.15, 0.2) is 5.78 Å². The number of Topliss-reactive ketones (excluding diaryl/α,β-unsaturated/α-hetero) is 1. The van der Waals surface area contributed by atoms with E-state index in [0.29, 0.717) is 10.7 Å². The van der Waals surface area contributed by atoms with Crippen molar-refractivity contribution < 1.29 is 9.90 Å². The van der Waals surface area contributed by atoms with Crippen molar-refractivity contribution in [2.24, 2.45) is 0 Å². The Morgan fingerprint density at radius 1 is 1.00 bits per heavy atom. The van der Waals surface area contributed by atoms with Crippen molar-refractivity contribution in [3.8, 4) is 11.4 Å². The Kier molecular flexibility index (Phi) is 6.52. The Morgan fingerprint density at radius 3 is 2.03 bits per heavy atom. The van der Waals surface area contributed by atoms with E-state index in [1.165, 1.54) is 11.8 Å². The summed E-state index contributed by atoms with van der Waals surface area (Å²) >= 11 is 1.31. The predicted octanol–water partition coefficient (Wildman–Crippen LogP) is 5.55. The first-order valence-electron chi connectivity index (χ1n) is 10.7. The van der Waals surface area contributed by atoms with E-state index in [9.17, 15) is 9.90 Å². The molecule has 0 saturated heterocycles. The molecule has 0 amide bonds. The van der Waals surface area contributed by atoms with Crippen molar-refractivity contribution in [3.63, 3.8) is 0 Å². The van der Waals surface area contributed by atoms with Gasteiger partial charge in [0.1, 0.15) is 5.75 Å². The number of rotatable bonds is 5. The lowest BCUT2D eigenvalue weighted by Crippen LogP contribution is -2.19. The number of phenols is 1. The molecular formula is C25H32N4O2S. The lowest BCUT2D eigenvalue weighted by atomic mass is 9.78. The van der Waals surface area contributed by atoms with E-state index in [-0.39, 0.29) is 28.1 Å². The molecule has 0 aliphatic rings. The maximum atomic E-state index is 13.2. The molecule has 0 aliphatic carbocycles. The number of carbonyl (C=O) groups excluding carboxylic acids is 1. The van der Waals surface area contributed by atoms with E-state index in [1.807, 2.05) is 85.7 Å². The molecule has 3 aromatic rings. The van der Waals surface area contributed by atoms with Crippen molar-refractivity contribution in [1.29, 1.82) is 0 Å². The molecule has 2 aromatic carbocycles. The minimum Gasteiger partial charge on any atom is -0.507 e. The number of ketones is 1. The Morgan fingerprint density at radius 2 is 1.53 bits per heavy atom. The second-order valence-electron chi connectivity index (χ2n) is 10.2. The summed E-state index contributed by atoms with van der Waals surface area (Å²) in [6.07, 6.45) is 0. The standard InChI is InChI=1S/C25H32N4O2S/c1-15-10-9-11-16(2)21(15)29-23(26-27-28-29)32-14-20(30)17-12-18(24(3,4)5)22(31)19(13-17)25(6,7)8/h9-13,31H,14H2,1-8H3. The molecule has 0 fully saturated rings. The number of aromatic hydroxyl groups is 1. The van der Waals surface area contributed by atoms with E-state index in [4.69, 9.17) is 0 Å². The number of nitrogens with zero attached hydrogens (tertiary/aromatic N) is 4. The summed E-state index contributed by atoms with van der Waals surface area (Å²) < 4.78 is 1.70. The third-order valence-electron chi connectivity index (χ3n) is 5.47. The van der Waals surface area contributed by atoms with Crippen LogP contribution in [0.4, 0.5) is 0 Å². The second kappa shape index (κ2) is 8.70. The fraction of sp³-hybridized carbons (Fsp3) is 0.440. The summed E-state index contributed by atoms with van der Waals surface area (Å²) in [5.74, 6) is 0.443. The van der Waals surface area contributed by atoms with Crippen molar-refractivity contribution in [3.05, 3.63) is 58.1 Å². The van der Waals surface area contributed by atoms with Gasteiger partial charge in [0.2, 0.25) is 5.16 Å². The van der Waals surface area contributed by atoms with Gasteiger partial charge in [-0.25, -0.2) is 0 Å². The summed E-state index contributed by atoms with van der Waals surface area (Å²) in [5.41, 5.74) is 4.62. The second-order valence-corrected chi connectivity index (χ2v) is 11.2. The Hall–Kier alpha value is -2.67. The largest absolute Gasteiger partial charge is 0.507 e. The van der Waals surface area contributed by atoms with Crippen LogP contribution in [0.15, 0.2) is 35.5 Å². The van der Waals surface area contributed by atoms with Crippen LogP contribution < -0.4 is 0 Å². The summed E-state index contributed by atoms with van der Waals surface area (Å²) in [6, 6.07) is 9.67. The maximum Gasteiger partial charge on any atom is 0.214 e. The van der Waals surface area contributed by atoms with Gasteiger partial charge in [-0.1, -0.05) is 71.5 Å². The zero-order valence-electron chi connectivity index (χ0n) is 20.1. The average molecular weight is 453 g/mol. The van der Waals surface area contributed by atoms with Crippen LogP contribution in [0.25, 0.3) is 5.69 Å². The molecule has 1 aromatic heterocycles. The quantitative estimate of drug-likeness (QED) is 0.403. The summed E-state index contributed by atoms with van der Waals surface area (Å²) in [4.78, 5) is 13.2. The first kappa shape index (κ1) is 24.0. The molecule has 6 nitrogen and oxygen atoms in total. The molecule has 0 atom stereocenters. The maximum absolute atomic E-state index is 13.2. The number of hydrogen-bond acceptors (Lipinski definition) is 6. The number of tetrazole rings is 1. The minimum atomic E-state index is -0.292. The van der Waals surface area contributed by atoms with Crippen molar-refractivity contribution in [1.82, 2.24) is 20.2 Å². The molecule has 0 spiro atoms. The fourth-order valence-corrected chi connectivity index (χ4v) is 4.47. The highest BCUT2D eigenvalue weighted by Gasteiger charge is 2.28. The molecular weight excluding hydrogens is 420 g/mol. The Labute approximate surface area is 194 Å². The third-order valence-corrected chi connectivity index (χ3v) is 6.39. The van der Waals surface area contributed by atoms with Gasteiger partial charge in [-0.15, -0.1) is 5.10 Å². The van der Waals surface area contributed by atoms with Gasteiger partial charge in [0.05, 0.1) is 11.4 Å². The van der Waals surface area contributed by atoms with Gasteiger partial charge in [-0.2, -0.15) is 4.68 Å². The highest BCUT2D eigenvalue weighted by molar-refractivity contribution is 7.99. The number of aromatic nitrogens is 4. The van der Waals surface area contributed by atoms with Crippen LogP contribution >= 0.6 is 11.8 Å².